The van der Waals surface area contributed by atoms with Gasteiger partial charge in [-0.15, -0.1) is 12.4 Å². The van der Waals surface area contributed by atoms with Gasteiger partial charge in [-0.3, -0.25) is 14.5 Å². The number of ether oxygens (including phenoxy) is 2. The molecule has 0 unspecified atom stereocenters. The average Bonchev–Trinajstić information content (AvgIpc) is 3.16. The van der Waals surface area contributed by atoms with Crippen molar-refractivity contribution in [2.24, 2.45) is 0 Å². The average molecular weight is 476 g/mol. The molecule has 2 heterocycles. The minimum absolute atomic E-state index is 0. The van der Waals surface area contributed by atoms with Crippen molar-refractivity contribution in [2.45, 2.75) is 13.3 Å². The van der Waals surface area contributed by atoms with Crippen LogP contribution in [0.1, 0.15) is 34.1 Å². The van der Waals surface area contributed by atoms with Gasteiger partial charge >= 0.3 is 0 Å². The molecule has 0 saturated carbocycles. The number of hydrogen-bond donors (Lipinski definition) is 0. The van der Waals surface area contributed by atoms with Gasteiger partial charge in [0.2, 0.25) is 0 Å². The first-order valence-electron chi connectivity index (χ1n) is 10.2. The molecule has 170 valence electrons. The van der Waals surface area contributed by atoms with Crippen LogP contribution in [0.15, 0.2) is 36.4 Å². The molecule has 1 aliphatic heterocycles. The number of thiazole rings is 1. The zero-order chi connectivity index (χ0) is 22.0. The van der Waals surface area contributed by atoms with Crippen LogP contribution in [0, 0.1) is 0 Å². The molecule has 1 amide bonds. The number of rotatable bonds is 7. The first-order chi connectivity index (χ1) is 14.9. The summed E-state index contributed by atoms with van der Waals surface area (Å²) in [7, 11) is 4.02. The fraction of sp³-hybridized carbons (Fsp3) is 0.348. The highest BCUT2D eigenvalue weighted by molar-refractivity contribution is 7.22. The molecule has 0 N–H and O–H groups in total. The van der Waals surface area contributed by atoms with Gasteiger partial charge in [0.1, 0.15) is 13.2 Å². The van der Waals surface area contributed by atoms with Crippen LogP contribution in [0.4, 0.5) is 5.13 Å². The van der Waals surface area contributed by atoms with Crippen molar-refractivity contribution < 1.29 is 19.1 Å². The first-order valence-corrected chi connectivity index (χ1v) is 11.0. The number of amides is 1. The van der Waals surface area contributed by atoms with Crippen molar-refractivity contribution in [3.8, 4) is 11.5 Å². The topological polar surface area (TPSA) is 72.0 Å². The minimum Gasteiger partial charge on any atom is -0.486 e. The number of carbonyl (C=O) groups excluding carboxylic acids is 2. The molecule has 0 spiro atoms. The quantitative estimate of drug-likeness (QED) is 0.475. The summed E-state index contributed by atoms with van der Waals surface area (Å²) in [6.45, 7) is 3.95. The van der Waals surface area contributed by atoms with E-state index in [0.29, 0.717) is 47.5 Å². The number of carbonyl (C=O) groups is 2. The van der Waals surface area contributed by atoms with Crippen LogP contribution in [0.3, 0.4) is 0 Å². The summed E-state index contributed by atoms with van der Waals surface area (Å²) in [4.78, 5) is 33.5. The highest BCUT2D eigenvalue weighted by Crippen LogP contribution is 2.39. The second-order valence-electron chi connectivity index (χ2n) is 7.71. The number of fused-ring (bicyclic) bond motifs is 2. The van der Waals surface area contributed by atoms with Crippen molar-refractivity contribution in [1.29, 1.82) is 0 Å². The molecule has 3 aromatic rings. The van der Waals surface area contributed by atoms with E-state index in [1.165, 1.54) is 18.3 Å². The third kappa shape index (κ3) is 5.20. The number of hydrogen-bond acceptors (Lipinski definition) is 7. The van der Waals surface area contributed by atoms with Crippen LogP contribution in [-0.4, -0.2) is 62.0 Å². The van der Waals surface area contributed by atoms with E-state index in [1.54, 1.807) is 29.2 Å². The molecule has 0 radical (unpaired) electrons. The fourth-order valence-corrected chi connectivity index (χ4v) is 4.40. The first kappa shape index (κ1) is 24.0. The number of benzene rings is 2. The van der Waals surface area contributed by atoms with E-state index in [-0.39, 0.29) is 24.1 Å². The van der Waals surface area contributed by atoms with Crippen LogP contribution in [0.5, 0.6) is 11.5 Å². The summed E-state index contributed by atoms with van der Waals surface area (Å²) in [5.74, 6) is 1.23. The third-order valence-electron chi connectivity index (χ3n) is 5.04. The lowest BCUT2D eigenvalue weighted by Crippen LogP contribution is -2.33. The minimum atomic E-state index is -0.134. The molecule has 32 heavy (non-hydrogen) atoms. The predicted octanol–water partition coefficient (Wildman–Crippen LogP) is 4.29. The van der Waals surface area contributed by atoms with E-state index < -0.39 is 0 Å². The van der Waals surface area contributed by atoms with Gasteiger partial charge in [-0.2, -0.15) is 0 Å². The normalized spacial score (nSPS) is 12.5. The van der Waals surface area contributed by atoms with E-state index in [9.17, 15) is 9.59 Å². The second-order valence-corrected chi connectivity index (χ2v) is 8.72. The number of halogens is 1. The monoisotopic (exact) mass is 475 g/mol. The Morgan fingerprint density at radius 2 is 1.62 bits per heavy atom. The van der Waals surface area contributed by atoms with Gasteiger partial charge in [-0.05, 0) is 46.1 Å². The molecular formula is C23H26ClN3O4S. The molecule has 0 atom stereocenters. The highest BCUT2D eigenvalue weighted by Gasteiger charge is 2.23. The second kappa shape index (κ2) is 10.3. The lowest BCUT2D eigenvalue weighted by Gasteiger charge is -2.21. The third-order valence-corrected chi connectivity index (χ3v) is 6.08. The van der Waals surface area contributed by atoms with Gasteiger partial charge < -0.3 is 14.4 Å². The summed E-state index contributed by atoms with van der Waals surface area (Å²) in [5, 5.41) is 0.636. The maximum absolute atomic E-state index is 13.4. The lowest BCUT2D eigenvalue weighted by molar-refractivity contribution is 0.0981. The molecule has 0 saturated heterocycles. The van der Waals surface area contributed by atoms with Crippen LogP contribution in [0.2, 0.25) is 0 Å². The van der Waals surface area contributed by atoms with Crippen LogP contribution >= 0.6 is 23.7 Å². The Morgan fingerprint density at radius 3 is 2.25 bits per heavy atom. The Morgan fingerprint density at radius 1 is 1.00 bits per heavy atom. The van der Waals surface area contributed by atoms with E-state index in [4.69, 9.17) is 14.5 Å². The van der Waals surface area contributed by atoms with E-state index in [2.05, 4.69) is 4.90 Å². The Labute approximate surface area is 197 Å². The molecular weight excluding hydrogens is 450 g/mol. The maximum atomic E-state index is 13.4. The molecule has 0 bridgehead atoms. The smallest absolute Gasteiger partial charge is 0.260 e. The summed E-state index contributed by atoms with van der Waals surface area (Å²) >= 11 is 1.46. The summed E-state index contributed by atoms with van der Waals surface area (Å²) in [6, 6.07) is 10.6. The molecule has 4 rings (SSSR count). The van der Waals surface area contributed by atoms with Crippen LogP contribution in [-0.2, 0) is 0 Å². The van der Waals surface area contributed by atoms with Gasteiger partial charge in [0.25, 0.3) is 5.91 Å². The van der Waals surface area contributed by atoms with Gasteiger partial charge in [0, 0.05) is 29.8 Å². The van der Waals surface area contributed by atoms with Gasteiger partial charge in [0.05, 0.1) is 10.2 Å². The van der Waals surface area contributed by atoms with Crippen molar-refractivity contribution in [3.05, 3.63) is 47.5 Å². The Balaban J connectivity index is 0.00000289. The molecule has 0 aliphatic carbocycles. The van der Waals surface area contributed by atoms with Crippen molar-refractivity contribution >= 4 is 50.8 Å². The van der Waals surface area contributed by atoms with Crippen molar-refractivity contribution in [3.63, 3.8) is 0 Å². The highest BCUT2D eigenvalue weighted by atomic mass is 35.5. The lowest BCUT2D eigenvalue weighted by atomic mass is 10.1. The molecule has 0 fully saturated rings. The molecule has 2 aromatic carbocycles. The zero-order valence-electron chi connectivity index (χ0n) is 18.3. The van der Waals surface area contributed by atoms with Gasteiger partial charge in [-0.1, -0.05) is 23.5 Å². The predicted molar refractivity (Wildman–Crippen MR) is 129 cm³/mol. The fourth-order valence-electron chi connectivity index (χ4n) is 3.40. The molecule has 1 aromatic heterocycles. The number of anilines is 1. The largest absolute Gasteiger partial charge is 0.486 e. The zero-order valence-corrected chi connectivity index (χ0v) is 19.9. The van der Waals surface area contributed by atoms with Gasteiger partial charge in [0.15, 0.2) is 22.4 Å². The standard InChI is InChI=1S/C23H25N3O4S.ClH/c1-15(27)16-5-7-17(8-6-16)22(28)26(10-4-9-25(2)3)23-24-18-13-19-20(14-21(18)31-23)30-12-11-29-19;/h5-8,13-14H,4,9-12H2,1-3H3;1H. The SMILES string of the molecule is CC(=O)c1ccc(C(=O)N(CCCN(C)C)c2nc3cc4c(cc3s2)OCCO4)cc1.Cl. The van der Waals surface area contributed by atoms with E-state index in [0.717, 1.165) is 23.2 Å². The van der Waals surface area contributed by atoms with Crippen molar-refractivity contribution in [2.75, 3.05) is 45.3 Å². The van der Waals surface area contributed by atoms with Crippen LogP contribution in [0.25, 0.3) is 10.2 Å². The van der Waals surface area contributed by atoms with E-state index in [1.807, 2.05) is 26.2 Å². The van der Waals surface area contributed by atoms with Crippen LogP contribution < -0.4 is 14.4 Å². The Kier molecular flexibility index (Phi) is 7.71. The number of Topliss-reactive ketones (excluding diaryl/α,β-unsaturated/α-hetero) is 1. The number of ketones is 1. The summed E-state index contributed by atoms with van der Waals surface area (Å²) in [5.41, 5.74) is 1.89. The Bertz CT molecular complexity index is 1070. The maximum Gasteiger partial charge on any atom is 0.260 e. The molecule has 1 aliphatic rings. The molecule has 7 nitrogen and oxygen atoms in total. The molecule has 9 heteroatoms. The van der Waals surface area contributed by atoms with E-state index >= 15 is 0 Å². The Hall–Kier alpha value is -2.68. The summed E-state index contributed by atoms with van der Waals surface area (Å²) in [6.07, 6.45) is 0.808. The number of aromatic nitrogens is 1. The van der Waals surface area contributed by atoms with Gasteiger partial charge in [-0.25, -0.2) is 4.98 Å². The summed E-state index contributed by atoms with van der Waals surface area (Å²) < 4.78 is 12.3. The van der Waals surface area contributed by atoms with Crippen molar-refractivity contribution in [1.82, 2.24) is 9.88 Å². The number of nitrogens with zero attached hydrogens (tertiary/aromatic N) is 3.